The van der Waals surface area contributed by atoms with Crippen LogP contribution in [-0.2, 0) is 0 Å². The Morgan fingerprint density at radius 3 is 1.87 bits per heavy atom. The molecule has 0 aromatic heterocycles. The lowest BCUT2D eigenvalue weighted by Gasteiger charge is -2.22. The summed E-state index contributed by atoms with van der Waals surface area (Å²) in [6, 6.07) is 0.615. The molecule has 2 heteroatoms. The minimum atomic E-state index is 0.615. The van der Waals surface area contributed by atoms with Crippen molar-refractivity contribution in [1.29, 1.82) is 0 Å². The van der Waals surface area contributed by atoms with Crippen LogP contribution in [0.1, 0.15) is 53.4 Å². The average Bonchev–Trinajstić information content (AvgIpc) is 2.20. The largest absolute Gasteiger partial charge is 0.313 e. The van der Waals surface area contributed by atoms with Crippen molar-refractivity contribution in [3.63, 3.8) is 0 Å². The van der Waals surface area contributed by atoms with Crippen LogP contribution in [0, 0.1) is 0 Å². The zero-order chi connectivity index (χ0) is 11.5. The van der Waals surface area contributed by atoms with Crippen molar-refractivity contribution < 1.29 is 0 Å². The van der Waals surface area contributed by atoms with Gasteiger partial charge in [0.1, 0.15) is 0 Å². The third-order valence-electron chi connectivity index (χ3n) is 2.64. The minimum Gasteiger partial charge on any atom is -0.313 e. The molecule has 0 saturated heterocycles. The van der Waals surface area contributed by atoms with Crippen LogP contribution in [0.5, 0.6) is 0 Å². The maximum atomic E-state index is 3.49. The van der Waals surface area contributed by atoms with Gasteiger partial charge >= 0.3 is 0 Å². The molecule has 0 rings (SSSR count). The molecule has 92 valence electrons. The van der Waals surface area contributed by atoms with E-state index in [-0.39, 0.29) is 0 Å². The first-order chi connectivity index (χ1) is 7.20. The summed E-state index contributed by atoms with van der Waals surface area (Å²) in [6.45, 7) is 13.8. The fraction of sp³-hybridized carbons (Fsp3) is 1.00. The van der Waals surface area contributed by atoms with Crippen molar-refractivity contribution in [2.24, 2.45) is 0 Å². The molecule has 1 N–H and O–H groups in total. The van der Waals surface area contributed by atoms with Gasteiger partial charge in [0.15, 0.2) is 0 Å². The monoisotopic (exact) mass is 214 g/mol. The van der Waals surface area contributed by atoms with Gasteiger partial charge in [-0.05, 0) is 25.9 Å². The van der Waals surface area contributed by atoms with Gasteiger partial charge in [-0.3, -0.25) is 0 Å². The molecular formula is C13H30N2. The summed E-state index contributed by atoms with van der Waals surface area (Å²) >= 11 is 0. The quantitative estimate of drug-likeness (QED) is 0.601. The Morgan fingerprint density at radius 1 is 0.933 bits per heavy atom. The van der Waals surface area contributed by atoms with Crippen LogP contribution in [0.25, 0.3) is 0 Å². The molecule has 0 heterocycles. The average molecular weight is 214 g/mol. The standard InChI is InChI=1S/C13H30N2/c1-5-7-10-15(11-8-6-2)12-9-14-13(3)4/h13-14H,5-12H2,1-4H3. The number of hydrogen-bond donors (Lipinski definition) is 1. The van der Waals surface area contributed by atoms with Gasteiger partial charge < -0.3 is 10.2 Å². The first-order valence-corrected chi connectivity index (χ1v) is 6.66. The van der Waals surface area contributed by atoms with E-state index in [1.165, 1.54) is 45.3 Å². The Labute approximate surface area is 96.4 Å². The second kappa shape index (κ2) is 10.4. The van der Waals surface area contributed by atoms with E-state index in [4.69, 9.17) is 0 Å². The van der Waals surface area contributed by atoms with Gasteiger partial charge in [-0.2, -0.15) is 0 Å². The van der Waals surface area contributed by atoms with Crippen LogP contribution >= 0.6 is 0 Å². The van der Waals surface area contributed by atoms with Crippen LogP contribution in [0.4, 0.5) is 0 Å². The summed E-state index contributed by atoms with van der Waals surface area (Å²) in [5, 5.41) is 3.49. The highest BCUT2D eigenvalue weighted by Crippen LogP contribution is 1.98. The van der Waals surface area contributed by atoms with Crippen molar-refractivity contribution in [2.75, 3.05) is 26.2 Å². The predicted molar refractivity (Wildman–Crippen MR) is 69.4 cm³/mol. The molecule has 0 bridgehead atoms. The molecule has 0 aromatic carbocycles. The molecule has 2 nitrogen and oxygen atoms in total. The van der Waals surface area contributed by atoms with Gasteiger partial charge in [0, 0.05) is 19.1 Å². The molecule has 0 saturated carbocycles. The van der Waals surface area contributed by atoms with Crippen molar-refractivity contribution in [3.05, 3.63) is 0 Å². The lowest BCUT2D eigenvalue weighted by Crippen LogP contribution is -2.36. The van der Waals surface area contributed by atoms with Crippen molar-refractivity contribution >= 4 is 0 Å². The van der Waals surface area contributed by atoms with Gasteiger partial charge in [-0.25, -0.2) is 0 Å². The summed E-state index contributed by atoms with van der Waals surface area (Å²) in [4.78, 5) is 2.60. The molecular weight excluding hydrogens is 184 g/mol. The maximum absolute atomic E-state index is 3.49. The van der Waals surface area contributed by atoms with Crippen molar-refractivity contribution in [2.45, 2.75) is 59.4 Å². The minimum absolute atomic E-state index is 0.615. The van der Waals surface area contributed by atoms with E-state index in [2.05, 4.69) is 37.9 Å². The highest BCUT2D eigenvalue weighted by atomic mass is 15.1. The van der Waals surface area contributed by atoms with E-state index in [0.29, 0.717) is 6.04 Å². The van der Waals surface area contributed by atoms with Gasteiger partial charge in [0.05, 0.1) is 0 Å². The summed E-state index contributed by atoms with van der Waals surface area (Å²) in [5.74, 6) is 0. The third-order valence-corrected chi connectivity index (χ3v) is 2.64. The van der Waals surface area contributed by atoms with E-state index < -0.39 is 0 Å². The number of unbranched alkanes of at least 4 members (excludes halogenated alkanes) is 2. The number of hydrogen-bond acceptors (Lipinski definition) is 2. The SMILES string of the molecule is CCCCN(CCCC)CCNC(C)C. The third kappa shape index (κ3) is 10.2. The van der Waals surface area contributed by atoms with Crippen LogP contribution in [0.2, 0.25) is 0 Å². The smallest absolute Gasteiger partial charge is 0.0107 e. The van der Waals surface area contributed by atoms with Crippen LogP contribution in [-0.4, -0.2) is 37.1 Å². The zero-order valence-corrected chi connectivity index (χ0v) is 11.2. The molecule has 0 radical (unpaired) electrons. The predicted octanol–water partition coefficient (Wildman–Crippen LogP) is 2.89. The molecule has 0 aliphatic rings. The second-order valence-electron chi connectivity index (χ2n) is 4.66. The topological polar surface area (TPSA) is 15.3 Å². The van der Waals surface area contributed by atoms with E-state index in [1.54, 1.807) is 0 Å². The van der Waals surface area contributed by atoms with Gasteiger partial charge in [-0.15, -0.1) is 0 Å². The number of rotatable bonds is 10. The van der Waals surface area contributed by atoms with Crippen molar-refractivity contribution in [1.82, 2.24) is 10.2 Å². The van der Waals surface area contributed by atoms with E-state index in [0.717, 1.165) is 6.54 Å². The van der Waals surface area contributed by atoms with Crippen LogP contribution < -0.4 is 5.32 Å². The van der Waals surface area contributed by atoms with Gasteiger partial charge in [0.25, 0.3) is 0 Å². The van der Waals surface area contributed by atoms with E-state index in [1.807, 2.05) is 0 Å². The van der Waals surface area contributed by atoms with E-state index >= 15 is 0 Å². The Morgan fingerprint density at radius 2 is 1.47 bits per heavy atom. The molecule has 0 aliphatic heterocycles. The first-order valence-electron chi connectivity index (χ1n) is 6.66. The number of nitrogens with one attached hydrogen (secondary N) is 1. The Kier molecular flexibility index (Phi) is 10.4. The summed E-state index contributed by atoms with van der Waals surface area (Å²) in [6.07, 6.45) is 5.29. The molecule has 0 aliphatic carbocycles. The Bertz CT molecular complexity index is 116. The first kappa shape index (κ1) is 14.9. The van der Waals surface area contributed by atoms with E-state index in [9.17, 15) is 0 Å². The van der Waals surface area contributed by atoms with Crippen LogP contribution in [0.3, 0.4) is 0 Å². The second-order valence-corrected chi connectivity index (χ2v) is 4.66. The lowest BCUT2D eigenvalue weighted by molar-refractivity contribution is 0.262. The van der Waals surface area contributed by atoms with Crippen LogP contribution in [0.15, 0.2) is 0 Å². The van der Waals surface area contributed by atoms with Gasteiger partial charge in [0.2, 0.25) is 0 Å². The molecule has 0 amide bonds. The van der Waals surface area contributed by atoms with Crippen molar-refractivity contribution in [3.8, 4) is 0 Å². The summed E-state index contributed by atoms with van der Waals surface area (Å²) in [5.41, 5.74) is 0. The molecule has 0 spiro atoms. The molecule has 0 aromatic rings. The number of nitrogens with zero attached hydrogens (tertiary/aromatic N) is 1. The fourth-order valence-electron chi connectivity index (χ4n) is 1.61. The molecule has 0 atom stereocenters. The summed E-state index contributed by atoms with van der Waals surface area (Å²) < 4.78 is 0. The lowest BCUT2D eigenvalue weighted by atomic mass is 10.2. The Balaban J connectivity index is 3.58. The molecule has 0 unspecified atom stereocenters. The Hall–Kier alpha value is -0.0800. The normalized spacial score (nSPS) is 11.6. The maximum Gasteiger partial charge on any atom is 0.0107 e. The summed E-state index contributed by atoms with van der Waals surface area (Å²) in [7, 11) is 0. The fourth-order valence-corrected chi connectivity index (χ4v) is 1.61. The molecule has 0 fully saturated rings. The highest BCUT2D eigenvalue weighted by Gasteiger charge is 2.03. The zero-order valence-electron chi connectivity index (χ0n) is 11.2. The highest BCUT2D eigenvalue weighted by molar-refractivity contribution is 4.61. The molecule has 15 heavy (non-hydrogen) atoms. The van der Waals surface area contributed by atoms with Gasteiger partial charge in [-0.1, -0.05) is 40.5 Å².